The van der Waals surface area contributed by atoms with E-state index in [0.29, 0.717) is 27.8 Å². The zero-order valence-electron chi connectivity index (χ0n) is 14.9. The summed E-state index contributed by atoms with van der Waals surface area (Å²) < 4.78 is 10.5. The number of rotatable bonds is 5. The summed E-state index contributed by atoms with van der Waals surface area (Å²) in [6.45, 7) is 6.10. The second kappa shape index (κ2) is 7.61. The summed E-state index contributed by atoms with van der Waals surface area (Å²) in [5.74, 6) is 0.572. The number of anilines is 2. The van der Waals surface area contributed by atoms with E-state index in [1.165, 1.54) is 20.4 Å². The van der Waals surface area contributed by atoms with Gasteiger partial charge >= 0.3 is 0 Å². The zero-order valence-corrected chi connectivity index (χ0v) is 15.7. The number of hydrogen-bond acceptors (Lipinski definition) is 5. The summed E-state index contributed by atoms with van der Waals surface area (Å²) >= 11 is 6.08. The average molecular weight is 364 g/mol. The molecule has 1 amide bonds. The van der Waals surface area contributed by atoms with Gasteiger partial charge in [-0.25, -0.2) is 0 Å². The number of methoxy groups -OCH3 is 2. The van der Waals surface area contributed by atoms with Gasteiger partial charge in [-0.2, -0.15) is 0 Å². The summed E-state index contributed by atoms with van der Waals surface area (Å²) in [5.41, 5.74) is 1.51. The van der Waals surface area contributed by atoms with E-state index in [-0.39, 0.29) is 11.4 Å². The Balaban J connectivity index is 2.27. The monoisotopic (exact) mass is 363 g/mol. The lowest BCUT2D eigenvalue weighted by molar-refractivity contribution is 0.102. The van der Waals surface area contributed by atoms with Gasteiger partial charge in [-0.05, 0) is 26.8 Å². The standard InChI is InChI=1S/C18H22ClN3O3/c1-18(2,3)22-12-6-11(9-20-10-12)17(23)21-14-8-15(24-4)13(19)7-16(14)25-5/h6-10,22H,1-5H3,(H,21,23). The van der Waals surface area contributed by atoms with Crippen LogP contribution >= 0.6 is 11.6 Å². The topological polar surface area (TPSA) is 72.5 Å². The third kappa shape index (κ3) is 5.00. The molecule has 1 heterocycles. The van der Waals surface area contributed by atoms with Crippen LogP contribution in [0, 0.1) is 0 Å². The van der Waals surface area contributed by atoms with E-state index in [1.807, 2.05) is 20.8 Å². The third-order valence-electron chi connectivity index (χ3n) is 3.24. The summed E-state index contributed by atoms with van der Waals surface area (Å²) in [6, 6.07) is 4.95. The van der Waals surface area contributed by atoms with Gasteiger partial charge in [0.05, 0.1) is 36.2 Å². The fourth-order valence-electron chi connectivity index (χ4n) is 2.22. The van der Waals surface area contributed by atoms with E-state index in [4.69, 9.17) is 21.1 Å². The van der Waals surface area contributed by atoms with Gasteiger partial charge < -0.3 is 20.1 Å². The van der Waals surface area contributed by atoms with Crippen molar-refractivity contribution in [1.82, 2.24) is 4.98 Å². The van der Waals surface area contributed by atoms with Crippen LogP contribution in [0.5, 0.6) is 11.5 Å². The summed E-state index contributed by atoms with van der Waals surface area (Å²) in [5, 5.41) is 6.48. The summed E-state index contributed by atoms with van der Waals surface area (Å²) in [4.78, 5) is 16.7. The second-order valence-electron chi connectivity index (χ2n) is 6.48. The van der Waals surface area contributed by atoms with Crippen molar-refractivity contribution >= 4 is 28.9 Å². The minimum absolute atomic E-state index is 0.135. The molecule has 2 rings (SSSR count). The van der Waals surface area contributed by atoms with Crippen LogP contribution in [-0.4, -0.2) is 30.6 Å². The molecule has 0 aliphatic carbocycles. The maximum Gasteiger partial charge on any atom is 0.257 e. The molecular weight excluding hydrogens is 342 g/mol. The van der Waals surface area contributed by atoms with Crippen LogP contribution in [-0.2, 0) is 0 Å². The van der Waals surface area contributed by atoms with Crippen LogP contribution in [0.25, 0.3) is 0 Å². The van der Waals surface area contributed by atoms with E-state index in [9.17, 15) is 4.79 Å². The molecule has 6 nitrogen and oxygen atoms in total. The van der Waals surface area contributed by atoms with Crippen LogP contribution in [0.15, 0.2) is 30.6 Å². The van der Waals surface area contributed by atoms with Gasteiger partial charge in [0.2, 0.25) is 0 Å². The fraction of sp³-hybridized carbons (Fsp3) is 0.333. The molecular formula is C18H22ClN3O3. The molecule has 0 atom stereocenters. The Morgan fingerprint density at radius 1 is 1.08 bits per heavy atom. The minimum atomic E-state index is -0.312. The number of amides is 1. The zero-order chi connectivity index (χ0) is 18.6. The van der Waals surface area contributed by atoms with Crippen LogP contribution in [0.1, 0.15) is 31.1 Å². The number of carbonyl (C=O) groups excluding carboxylic acids is 1. The van der Waals surface area contributed by atoms with E-state index in [0.717, 1.165) is 5.69 Å². The lowest BCUT2D eigenvalue weighted by Crippen LogP contribution is -2.26. The minimum Gasteiger partial charge on any atom is -0.495 e. The quantitative estimate of drug-likeness (QED) is 0.832. The van der Waals surface area contributed by atoms with Crippen LogP contribution in [0.2, 0.25) is 5.02 Å². The van der Waals surface area contributed by atoms with E-state index in [1.54, 1.807) is 24.4 Å². The molecule has 0 aliphatic rings. The number of hydrogen-bond donors (Lipinski definition) is 2. The highest BCUT2D eigenvalue weighted by Gasteiger charge is 2.15. The molecule has 0 unspecified atom stereocenters. The lowest BCUT2D eigenvalue weighted by atomic mass is 10.1. The molecule has 0 spiro atoms. The Hall–Kier alpha value is -2.47. The van der Waals surface area contributed by atoms with Gasteiger partial charge in [-0.3, -0.25) is 9.78 Å². The van der Waals surface area contributed by atoms with Gasteiger partial charge in [0.1, 0.15) is 11.5 Å². The highest BCUT2D eigenvalue weighted by Crippen LogP contribution is 2.36. The number of ether oxygens (including phenoxy) is 2. The Labute approximate surface area is 152 Å². The largest absolute Gasteiger partial charge is 0.495 e. The average Bonchev–Trinajstić information content (AvgIpc) is 2.54. The maximum atomic E-state index is 12.6. The molecule has 7 heteroatoms. The van der Waals surface area contributed by atoms with Gasteiger partial charge in [0, 0.05) is 30.1 Å². The SMILES string of the molecule is COc1cc(NC(=O)c2cncc(NC(C)(C)C)c2)c(OC)cc1Cl. The van der Waals surface area contributed by atoms with Crippen LogP contribution in [0.3, 0.4) is 0 Å². The fourth-order valence-corrected chi connectivity index (χ4v) is 2.45. The molecule has 2 N–H and O–H groups in total. The normalized spacial score (nSPS) is 11.0. The van der Waals surface area contributed by atoms with E-state index in [2.05, 4.69) is 15.6 Å². The number of benzene rings is 1. The predicted molar refractivity (Wildman–Crippen MR) is 100 cm³/mol. The van der Waals surface area contributed by atoms with E-state index >= 15 is 0 Å². The molecule has 134 valence electrons. The number of nitrogens with one attached hydrogen (secondary N) is 2. The van der Waals surface area contributed by atoms with Crippen molar-refractivity contribution in [3.63, 3.8) is 0 Å². The highest BCUT2D eigenvalue weighted by atomic mass is 35.5. The van der Waals surface area contributed by atoms with Crippen molar-refractivity contribution in [1.29, 1.82) is 0 Å². The molecule has 1 aromatic heterocycles. The van der Waals surface area contributed by atoms with Gasteiger partial charge in [0.25, 0.3) is 5.91 Å². The molecule has 0 saturated heterocycles. The number of pyridine rings is 1. The summed E-state index contributed by atoms with van der Waals surface area (Å²) in [6.07, 6.45) is 3.18. The Morgan fingerprint density at radius 3 is 2.36 bits per heavy atom. The molecule has 1 aromatic carbocycles. The van der Waals surface area contributed by atoms with Crippen molar-refractivity contribution in [3.05, 3.63) is 41.2 Å². The first kappa shape index (κ1) is 18.9. The molecule has 0 fully saturated rings. The Morgan fingerprint density at radius 2 is 1.76 bits per heavy atom. The van der Waals surface area contributed by atoms with Crippen LogP contribution < -0.4 is 20.1 Å². The van der Waals surface area contributed by atoms with Crippen molar-refractivity contribution < 1.29 is 14.3 Å². The smallest absolute Gasteiger partial charge is 0.257 e. The molecule has 0 aliphatic heterocycles. The van der Waals surface area contributed by atoms with E-state index < -0.39 is 0 Å². The number of aromatic nitrogens is 1. The molecule has 2 aromatic rings. The number of nitrogens with zero attached hydrogens (tertiary/aromatic N) is 1. The first-order chi connectivity index (χ1) is 11.7. The second-order valence-corrected chi connectivity index (χ2v) is 6.89. The van der Waals surface area contributed by atoms with Crippen molar-refractivity contribution in [2.24, 2.45) is 0 Å². The van der Waals surface area contributed by atoms with Crippen molar-refractivity contribution in [2.75, 3.05) is 24.9 Å². The van der Waals surface area contributed by atoms with Crippen molar-refractivity contribution in [2.45, 2.75) is 26.3 Å². The third-order valence-corrected chi connectivity index (χ3v) is 3.54. The maximum absolute atomic E-state index is 12.6. The predicted octanol–water partition coefficient (Wildman–Crippen LogP) is 4.21. The Kier molecular flexibility index (Phi) is 5.74. The summed E-state index contributed by atoms with van der Waals surface area (Å²) in [7, 11) is 3.01. The van der Waals surface area contributed by atoms with Crippen molar-refractivity contribution in [3.8, 4) is 11.5 Å². The van der Waals surface area contributed by atoms with Gasteiger partial charge in [0.15, 0.2) is 0 Å². The number of halogens is 1. The Bertz CT molecular complexity index is 773. The first-order valence-corrected chi connectivity index (χ1v) is 8.07. The first-order valence-electron chi connectivity index (χ1n) is 7.69. The molecule has 0 bridgehead atoms. The van der Waals surface area contributed by atoms with Gasteiger partial charge in [-0.1, -0.05) is 11.6 Å². The highest BCUT2D eigenvalue weighted by molar-refractivity contribution is 6.32. The molecule has 25 heavy (non-hydrogen) atoms. The van der Waals surface area contributed by atoms with Crippen LogP contribution in [0.4, 0.5) is 11.4 Å². The molecule has 0 radical (unpaired) electrons. The van der Waals surface area contributed by atoms with Gasteiger partial charge in [-0.15, -0.1) is 0 Å². The number of carbonyl (C=O) groups is 1. The lowest BCUT2D eigenvalue weighted by Gasteiger charge is -2.22. The molecule has 0 saturated carbocycles.